The minimum atomic E-state index is -0.319. The number of hydrogen-bond donors (Lipinski definition) is 0. The normalized spacial score (nSPS) is 10.5. The van der Waals surface area contributed by atoms with Crippen molar-refractivity contribution in [2.24, 2.45) is 0 Å². The Morgan fingerprint density at radius 2 is 1.81 bits per heavy atom. The summed E-state index contributed by atoms with van der Waals surface area (Å²) in [5.41, 5.74) is 2.74. The molecule has 0 fully saturated rings. The zero-order valence-electron chi connectivity index (χ0n) is 15.0. The third-order valence-electron chi connectivity index (χ3n) is 4.36. The first-order valence-electron chi connectivity index (χ1n) is 8.50. The second-order valence-electron chi connectivity index (χ2n) is 5.97. The van der Waals surface area contributed by atoms with Crippen molar-refractivity contribution in [2.75, 3.05) is 14.2 Å². The average Bonchev–Trinajstić information content (AvgIpc) is 3.13. The van der Waals surface area contributed by atoms with Gasteiger partial charge in [-0.3, -0.25) is 0 Å². The van der Waals surface area contributed by atoms with Crippen LogP contribution in [0.15, 0.2) is 60.9 Å². The lowest BCUT2D eigenvalue weighted by molar-refractivity contribution is 0.0599. The Morgan fingerprint density at radius 3 is 2.54 bits per heavy atom. The van der Waals surface area contributed by atoms with E-state index in [2.05, 4.69) is 21.7 Å². The van der Waals surface area contributed by atoms with Gasteiger partial charge in [-0.2, -0.15) is 0 Å². The number of ether oxygens (including phenoxy) is 2. The monoisotopic (exact) mass is 350 g/mol. The van der Waals surface area contributed by atoms with Crippen LogP contribution in [-0.2, 0) is 24.1 Å². The summed E-state index contributed by atoms with van der Waals surface area (Å²) >= 11 is 0. The van der Waals surface area contributed by atoms with Crippen molar-refractivity contribution in [3.05, 3.63) is 83.4 Å². The number of rotatable bonds is 7. The molecule has 1 heterocycles. The Labute approximate surface area is 153 Å². The molecule has 3 rings (SSSR count). The highest BCUT2D eigenvalue weighted by Gasteiger charge is 2.12. The summed E-state index contributed by atoms with van der Waals surface area (Å²) < 4.78 is 12.1. The van der Waals surface area contributed by atoms with Crippen molar-refractivity contribution in [1.82, 2.24) is 9.55 Å². The average molecular weight is 350 g/mol. The number of nitrogens with zero attached hydrogens (tertiary/aromatic N) is 2. The second kappa shape index (κ2) is 8.34. The van der Waals surface area contributed by atoms with Crippen molar-refractivity contribution in [1.29, 1.82) is 0 Å². The van der Waals surface area contributed by atoms with Crippen LogP contribution >= 0.6 is 0 Å². The molecule has 0 atom stereocenters. The molecule has 1 aromatic heterocycles. The summed E-state index contributed by atoms with van der Waals surface area (Å²) in [5, 5.41) is 0. The van der Waals surface area contributed by atoms with Gasteiger partial charge in [0.15, 0.2) is 0 Å². The fourth-order valence-electron chi connectivity index (χ4n) is 2.91. The summed E-state index contributed by atoms with van der Waals surface area (Å²) in [6.07, 6.45) is 5.45. The molecule has 26 heavy (non-hydrogen) atoms. The summed E-state index contributed by atoms with van der Waals surface area (Å²) in [7, 11) is 3.06. The van der Waals surface area contributed by atoms with Crippen LogP contribution in [0.2, 0.25) is 0 Å². The number of benzene rings is 2. The number of methoxy groups -OCH3 is 2. The van der Waals surface area contributed by atoms with E-state index in [0.29, 0.717) is 12.1 Å². The van der Waals surface area contributed by atoms with Gasteiger partial charge in [0.05, 0.1) is 19.8 Å². The quantitative estimate of drug-likeness (QED) is 0.612. The molecule has 5 heteroatoms. The first-order chi connectivity index (χ1) is 12.7. The van der Waals surface area contributed by atoms with Crippen LogP contribution < -0.4 is 4.74 Å². The number of aryl methyl sites for hydroxylation is 2. The number of carbonyl (C=O) groups excluding carboxylic acids is 1. The van der Waals surface area contributed by atoms with Crippen LogP contribution in [0.25, 0.3) is 0 Å². The highest BCUT2D eigenvalue weighted by Crippen LogP contribution is 2.16. The van der Waals surface area contributed by atoms with Gasteiger partial charge in [0.1, 0.15) is 11.6 Å². The minimum absolute atomic E-state index is 0.319. The Morgan fingerprint density at radius 1 is 1.04 bits per heavy atom. The van der Waals surface area contributed by atoms with Gasteiger partial charge in [0, 0.05) is 25.4 Å². The van der Waals surface area contributed by atoms with Gasteiger partial charge in [-0.15, -0.1) is 0 Å². The Bertz CT molecular complexity index is 869. The summed E-state index contributed by atoms with van der Waals surface area (Å²) in [4.78, 5) is 16.4. The number of carbonyl (C=O) groups is 1. The van der Waals surface area contributed by atoms with Gasteiger partial charge >= 0.3 is 5.97 Å². The third-order valence-corrected chi connectivity index (χ3v) is 4.36. The SMILES string of the molecule is COC(=O)c1ccccc1Cn1ccnc1CCc1ccc(OC)cc1. The van der Waals surface area contributed by atoms with E-state index >= 15 is 0 Å². The fourth-order valence-corrected chi connectivity index (χ4v) is 2.91. The molecule has 0 aliphatic heterocycles. The molecule has 0 saturated carbocycles. The maximum absolute atomic E-state index is 12.0. The highest BCUT2D eigenvalue weighted by molar-refractivity contribution is 5.90. The molecular weight excluding hydrogens is 328 g/mol. The van der Waals surface area contributed by atoms with Gasteiger partial charge in [-0.1, -0.05) is 30.3 Å². The van der Waals surface area contributed by atoms with Crippen molar-refractivity contribution in [3.8, 4) is 5.75 Å². The van der Waals surface area contributed by atoms with Crippen LogP contribution in [0.4, 0.5) is 0 Å². The smallest absolute Gasteiger partial charge is 0.338 e. The number of hydrogen-bond acceptors (Lipinski definition) is 4. The molecule has 0 aliphatic carbocycles. The molecule has 0 unspecified atom stereocenters. The molecule has 134 valence electrons. The number of aromatic nitrogens is 2. The molecule has 2 aromatic carbocycles. The van der Waals surface area contributed by atoms with Gasteiger partial charge in [-0.05, 0) is 35.7 Å². The van der Waals surface area contributed by atoms with Gasteiger partial charge in [0.25, 0.3) is 0 Å². The lowest BCUT2D eigenvalue weighted by atomic mass is 10.1. The molecule has 0 bridgehead atoms. The highest BCUT2D eigenvalue weighted by atomic mass is 16.5. The van der Waals surface area contributed by atoms with Gasteiger partial charge < -0.3 is 14.0 Å². The lowest BCUT2D eigenvalue weighted by Crippen LogP contribution is -2.11. The zero-order chi connectivity index (χ0) is 18.4. The summed E-state index contributed by atoms with van der Waals surface area (Å²) in [5.74, 6) is 1.52. The van der Waals surface area contributed by atoms with E-state index in [1.807, 2.05) is 36.5 Å². The van der Waals surface area contributed by atoms with E-state index in [4.69, 9.17) is 9.47 Å². The van der Waals surface area contributed by atoms with Gasteiger partial charge in [-0.25, -0.2) is 9.78 Å². The molecular formula is C21H22N2O3. The standard InChI is InChI=1S/C21H22N2O3/c1-25-18-10-7-16(8-11-18)9-12-20-22-13-14-23(20)15-17-5-3-4-6-19(17)21(24)26-2/h3-8,10-11,13-14H,9,12,15H2,1-2H3. The minimum Gasteiger partial charge on any atom is -0.497 e. The van der Waals surface area contributed by atoms with Crippen LogP contribution in [0.3, 0.4) is 0 Å². The number of imidazole rings is 1. The van der Waals surface area contributed by atoms with Crippen molar-refractivity contribution >= 4 is 5.97 Å². The van der Waals surface area contributed by atoms with Crippen molar-refractivity contribution < 1.29 is 14.3 Å². The van der Waals surface area contributed by atoms with E-state index in [-0.39, 0.29) is 5.97 Å². The second-order valence-corrected chi connectivity index (χ2v) is 5.97. The molecule has 0 amide bonds. The topological polar surface area (TPSA) is 53.4 Å². The van der Waals surface area contributed by atoms with Gasteiger partial charge in [0.2, 0.25) is 0 Å². The predicted molar refractivity (Wildman–Crippen MR) is 99.5 cm³/mol. The van der Waals surface area contributed by atoms with Crippen LogP contribution in [0, 0.1) is 0 Å². The Kier molecular flexibility index (Phi) is 5.69. The maximum atomic E-state index is 12.0. The predicted octanol–water partition coefficient (Wildman–Crippen LogP) is 3.51. The third kappa shape index (κ3) is 4.11. The molecule has 0 spiro atoms. The molecule has 3 aromatic rings. The Hall–Kier alpha value is -3.08. The fraction of sp³-hybridized carbons (Fsp3) is 0.238. The van der Waals surface area contributed by atoms with E-state index in [9.17, 15) is 4.79 Å². The van der Waals surface area contributed by atoms with Crippen molar-refractivity contribution in [2.45, 2.75) is 19.4 Å². The first kappa shape index (κ1) is 17.7. The summed E-state index contributed by atoms with van der Waals surface area (Å²) in [6.45, 7) is 0.587. The largest absolute Gasteiger partial charge is 0.497 e. The van der Waals surface area contributed by atoms with E-state index in [0.717, 1.165) is 30.0 Å². The maximum Gasteiger partial charge on any atom is 0.338 e. The van der Waals surface area contributed by atoms with Crippen LogP contribution in [-0.4, -0.2) is 29.7 Å². The van der Waals surface area contributed by atoms with Crippen LogP contribution in [0.1, 0.15) is 27.3 Å². The van der Waals surface area contributed by atoms with E-state index in [1.54, 1.807) is 19.4 Å². The lowest BCUT2D eigenvalue weighted by Gasteiger charge is -2.11. The van der Waals surface area contributed by atoms with Crippen molar-refractivity contribution in [3.63, 3.8) is 0 Å². The molecule has 0 radical (unpaired) electrons. The summed E-state index contributed by atoms with van der Waals surface area (Å²) in [6, 6.07) is 15.6. The molecule has 0 N–H and O–H groups in total. The first-order valence-corrected chi connectivity index (χ1v) is 8.50. The number of esters is 1. The Balaban J connectivity index is 1.72. The van der Waals surface area contributed by atoms with Crippen LogP contribution in [0.5, 0.6) is 5.75 Å². The molecule has 5 nitrogen and oxygen atoms in total. The van der Waals surface area contributed by atoms with E-state index in [1.165, 1.54) is 12.7 Å². The van der Waals surface area contributed by atoms with E-state index < -0.39 is 0 Å². The zero-order valence-corrected chi connectivity index (χ0v) is 15.0. The molecule has 0 aliphatic rings. The molecule has 0 saturated heterocycles.